The summed E-state index contributed by atoms with van der Waals surface area (Å²) in [4.78, 5) is 25.8. The molecule has 0 saturated heterocycles. The topological polar surface area (TPSA) is 52.0 Å². The fraction of sp³-hybridized carbons (Fsp3) is 0.375. The average molecular weight is 245 g/mol. The second kappa shape index (κ2) is 4.32. The van der Waals surface area contributed by atoms with Crippen LogP contribution in [0.15, 0.2) is 21.8 Å². The summed E-state index contributed by atoms with van der Waals surface area (Å²) in [5.74, 6) is 0.0619. The first kappa shape index (κ1) is 10.1. The number of carbonyl (C=O) groups is 1. The van der Waals surface area contributed by atoms with Gasteiger partial charge in [0.05, 0.1) is 6.33 Å². The molecule has 0 aliphatic carbocycles. The summed E-state index contributed by atoms with van der Waals surface area (Å²) < 4.78 is 1.82. The van der Waals surface area contributed by atoms with E-state index in [0.717, 1.165) is 0 Å². The number of Topliss-reactive ketones (excluding diaryl/α,β-unsaturated/α-hetero) is 1. The molecule has 0 radical (unpaired) electrons. The Hall–Kier alpha value is -0.970. The van der Waals surface area contributed by atoms with Gasteiger partial charge >= 0.3 is 0 Å². The third-order valence-corrected chi connectivity index (χ3v) is 2.11. The molecule has 0 aliphatic rings. The predicted octanol–water partition coefficient (Wildman–Crippen LogP) is 0.985. The maximum atomic E-state index is 11.3. The van der Waals surface area contributed by atoms with Crippen LogP contribution in [0, 0.1) is 0 Å². The van der Waals surface area contributed by atoms with E-state index in [0.29, 0.717) is 17.4 Å². The Morgan fingerprint density at radius 3 is 3.00 bits per heavy atom. The van der Waals surface area contributed by atoms with Crippen molar-refractivity contribution in [1.29, 1.82) is 0 Å². The van der Waals surface area contributed by atoms with Crippen molar-refractivity contribution in [3.05, 3.63) is 27.4 Å². The minimum absolute atomic E-state index is 0.0619. The highest BCUT2D eigenvalue weighted by atomic mass is 79.9. The zero-order valence-corrected chi connectivity index (χ0v) is 8.74. The fourth-order valence-electron chi connectivity index (χ4n) is 0.861. The molecule has 0 saturated carbocycles. The Morgan fingerprint density at radius 2 is 2.38 bits per heavy atom. The van der Waals surface area contributed by atoms with Crippen LogP contribution in [0.2, 0.25) is 0 Å². The number of hydrogen-bond acceptors (Lipinski definition) is 3. The predicted molar refractivity (Wildman–Crippen MR) is 51.5 cm³/mol. The highest BCUT2D eigenvalue weighted by molar-refractivity contribution is 9.10. The van der Waals surface area contributed by atoms with Crippen LogP contribution in [0.4, 0.5) is 0 Å². The molecule has 0 atom stereocenters. The lowest BCUT2D eigenvalue weighted by atomic mass is 10.3. The molecule has 5 heteroatoms. The maximum Gasteiger partial charge on any atom is 0.267 e. The van der Waals surface area contributed by atoms with Gasteiger partial charge in [0.2, 0.25) is 0 Å². The van der Waals surface area contributed by atoms with E-state index < -0.39 is 0 Å². The lowest BCUT2D eigenvalue weighted by Gasteiger charge is -2.02. The van der Waals surface area contributed by atoms with Crippen molar-refractivity contribution in [1.82, 2.24) is 9.55 Å². The number of carbonyl (C=O) groups excluding carboxylic acids is 1. The van der Waals surface area contributed by atoms with Gasteiger partial charge in [-0.3, -0.25) is 14.2 Å². The summed E-state index contributed by atoms with van der Waals surface area (Å²) in [6.07, 6.45) is 3.22. The Kier molecular flexibility index (Phi) is 3.36. The van der Waals surface area contributed by atoms with Crippen LogP contribution < -0.4 is 5.56 Å². The second-order valence-electron chi connectivity index (χ2n) is 2.69. The van der Waals surface area contributed by atoms with Crippen LogP contribution in [0.1, 0.15) is 13.3 Å². The number of nitrogens with zero attached hydrogens (tertiary/aromatic N) is 2. The Balaban J connectivity index is 2.84. The van der Waals surface area contributed by atoms with Gasteiger partial charge in [-0.25, -0.2) is 4.98 Å². The smallest absolute Gasteiger partial charge is 0.267 e. The Labute approximate surface area is 83.7 Å². The fourth-order valence-corrected chi connectivity index (χ4v) is 1.21. The van der Waals surface area contributed by atoms with E-state index in [-0.39, 0.29) is 11.3 Å². The molecule has 0 amide bonds. The molecule has 0 fully saturated rings. The van der Waals surface area contributed by atoms with Crippen molar-refractivity contribution < 1.29 is 4.79 Å². The summed E-state index contributed by atoms with van der Waals surface area (Å²) in [5, 5.41) is 0. The van der Waals surface area contributed by atoms with Crippen LogP contribution in [0.25, 0.3) is 0 Å². The van der Waals surface area contributed by atoms with Crippen molar-refractivity contribution in [3.8, 4) is 0 Å². The van der Waals surface area contributed by atoms with Gasteiger partial charge in [0.15, 0.2) is 0 Å². The Bertz CT molecular complexity index is 373. The standard InChI is InChI=1S/C8H9BrN2O2/c1-6(12)2-3-11-5-10-4-7(9)8(11)13/h4-5H,2-3H2,1H3. The summed E-state index contributed by atoms with van der Waals surface area (Å²) in [5.41, 5.74) is -0.156. The number of hydrogen-bond donors (Lipinski definition) is 0. The molecular weight excluding hydrogens is 236 g/mol. The first-order valence-corrected chi connectivity index (χ1v) is 4.60. The lowest BCUT2D eigenvalue weighted by Crippen LogP contribution is -2.21. The maximum absolute atomic E-state index is 11.3. The van der Waals surface area contributed by atoms with E-state index in [9.17, 15) is 9.59 Å². The molecule has 0 bridgehead atoms. The van der Waals surface area contributed by atoms with Crippen LogP contribution in [-0.2, 0) is 11.3 Å². The summed E-state index contributed by atoms with van der Waals surface area (Å²) in [7, 11) is 0. The molecule has 1 aromatic rings. The zero-order chi connectivity index (χ0) is 9.84. The summed E-state index contributed by atoms with van der Waals surface area (Å²) >= 11 is 3.07. The van der Waals surface area contributed by atoms with E-state index >= 15 is 0 Å². The Morgan fingerprint density at radius 1 is 1.69 bits per heavy atom. The quantitative estimate of drug-likeness (QED) is 0.797. The third kappa shape index (κ3) is 2.77. The van der Waals surface area contributed by atoms with Crippen molar-refractivity contribution in [2.24, 2.45) is 0 Å². The highest BCUT2D eigenvalue weighted by Crippen LogP contribution is 1.98. The number of aromatic nitrogens is 2. The highest BCUT2D eigenvalue weighted by Gasteiger charge is 2.01. The molecule has 0 aromatic carbocycles. The van der Waals surface area contributed by atoms with E-state index in [4.69, 9.17) is 0 Å². The van der Waals surface area contributed by atoms with E-state index in [1.165, 1.54) is 24.0 Å². The molecule has 0 aliphatic heterocycles. The minimum Gasteiger partial charge on any atom is -0.300 e. The van der Waals surface area contributed by atoms with Gasteiger partial charge in [-0.2, -0.15) is 0 Å². The van der Waals surface area contributed by atoms with Crippen LogP contribution in [-0.4, -0.2) is 15.3 Å². The molecule has 70 valence electrons. The van der Waals surface area contributed by atoms with Crippen molar-refractivity contribution >= 4 is 21.7 Å². The summed E-state index contributed by atoms with van der Waals surface area (Å²) in [6, 6.07) is 0. The average Bonchev–Trinajstić information content (AvgIpc) is 2.07. The van der Waals surface area contributed by atoms with E-state index in [2.05, 4.69) is 20.9 Å². The number of rotatable bonds is 3. The van der Waals surface area contributed by atoms with Crippen LogP contribution in [0.3, 0.4) is 0 Å². The van der Waals surface area contributed by atoms with Gasteiger partial charge in [0.1, 0.15) is 10.3 Å². The SMILES string of the molecule is CC(=O)CCn1cncc(Br)c1=O. The normalized spacial score (nSPS) is 10.0. The van der Waals surface area contributed by atoms with Gasteiger partial charge in [-0.05, 0) is 22.9 Å². The molecule has 1 heterocycles. The third-order valence-electron chi connectivity index (χ3n) is 1.56. The van der Waals surface area contributed by atoms with Gasteiger partial charge < -0.3 is 0 Å². The molecule has 1 aromatic heterocycles. The van der Waals surface area contributed by atoms with Crippen molar-refractivity contribution in [2.75, 3.05) is 0 Å². The van der Waals surface area contributed by atoms with Gasteiger partial charge in [-0.15, -0.1) is 0 Å². The molecule has 1 rings (SSSR count). The minimum atomic E-state index is -0.156. The second-order valence-corrected chi connectivity index (χ2v) is 3.55. The van der Waals surface area contributed by atoms with E-state index in [1.807, 2.05) is 0 Å². The van der Waals surface area contributed by atoms with Crippen LogP contribution >= 0.6 is 15.9 Å². The number of aryl methyl sites for hydroxylation is 1. The first-order chi connectivity index (χ1) is 6.11. The van der Waals surface area contributed by atoms with Gasteiger partial charge in [-0.1, -0.05) is 0 Å². The van der Waals surface area contributed by atoms with E-state index in [1.54, 1.807) is 0 Å². The van der Waals surface area contributed by atoms with Crippen LogP contribution in [0.5, 0.6) is 0 Å². The summed E-state index contributed by atoms with van der Waals surface area (Å²) in [6.45, 7) is 1.89. The monoisotopic (exact) mass is 244 g/mol. The molecular formula is C8H9BrN2O2. The number of ketones is 1. The molecule has 0 unspecified atom stereocenters. The first-order valence-electron chi connectivity index (χ1n) is 3.80. The van der Waals surface area contributed by atoms with Gasteiger partial charge in [0, 0.05) is 19.2 Å². The molecule has 0 N–H and O–H groups in total. The van der Waals surface area contributed by atoms with Gasteiger partial charge in [0.25, 0.3) is 5.56 Å². The van der Waals surface area contributed by atoms with Crippen molar-refractivity contribution in [3.63, 3.8) is 0 Å². The zero-order valence-electron chi connectivity index (χ0n) is 7.16. The molecule has 0 spiro atoms. The van der Waals surface area contributed by atoms with Crippen molar-refractivity contribution in [2.45, 2.75) is 19.9 Å². The molecule has 4 nitrogen and oxygen atoms in total. The molecule has 13 heavy (non-hydrogen) atoms. The lowest BCUT2D eigenvalue weighted by molar-refractivity contribution is -0.117. The number of halogens is 1. The largest absolute Gasteiger partial charge is 0.300 e.